The van der Waals surface area contributed by atoms with Crippen molar-refractivity contribution in [3.05, 3.63) is 23.8 Å². The number of carbonyl (C=O) groups is 1. The maximum Gasteiger partial charge on any atom is 0.246 e. The van der Waals surface area contributed by atoms with Gasteiger partial charge in [0.15, 0.2) is 21.3 Å². The summed E-state index contributed by atoms with van der Waals surface area (Å²) >= 11 is 0. The molecular formula is C20H27N2O6S+. The summed E-state index contributed by atoms with van der Waals surface area (Å²) in [4.78, 5) is 15.7. The zero-order chi connectivity index (χ0) is 20.4. The molecular weight excluding hydrogens is 396 g/mol. The lowest BCUT2D eigenvalue weighted by molar-refractivity contribution is -0.925. The molecule has 2 saturated heterocycles. The summed E-state index contributed by atoms with van der Waals surface area (Å²) in [6.45, 7) is 3.82. The third kappa shape index (κ3) is 4.51. The largest absolute Gasteiger partial charge is 0.493 e. The van der Waals surface area contributed by atoms with Gasteiger partial charge in [0.05, 0.1) is 39.0 Å². The normalized spacial score (nSPS) is 24.0. The van der Waals surface area contributed by atoms with Gasteiger partial charge in [-0.15, -0.1) is 0 Å². The number of methoxy groups -OCH3 is 1. The van der Waals surface area contributed by atoms with Gasteiger partial charge < -0.3 is 24.0 Å². The summed E-state index contributed by atoms with van der Waals surface area (Å²) in [6.07, 6.45) is 4.05. The number of rotatable bonds is 4. The van der Waals surface area contributed by atoms with E-state index in [0.717, 1.165) is 25.1 Å². The van der Waals surface area contributed by atoms with Crippen LogP contribution < -0.4 is 19.1 Å². The molecule has 0 unspecified atom stereocenters. The first-order valence-electron chi connectivity index (χ1n) is 9.95. The van der Waals surface area contributed by atoms with Crippen LogP contribution in [0.5, 0.6) is 17.2 Å². The summed E-state index contributed by atoms with van der Waals surface area (Å²) < 4.78 is 40.0. The Balaban J connectivity index is 1.36. The van der Waals surface area contributed by atoms with Crippen LogP contribution in [0.15, 0.2) is 18.2 Å². The molecule has 29 heavy (non-hydrogen) atoms. The van der Waals surface area contributed by atoms with Crippen molar-refractivity contribution in [2.45, 2.75) is 12.5 Å². The number of benzene rings is 1. The molecule has 0 radical (unpaired) electrons. The predicted octanol–water partition coefficient (Wildman–Crippen LogP) is -0.606. The fraction of sp³-hybridized carbons (Fsp3) is 0.550. The molecule has 8 nitrogen and oxygen atoms in total. The van der Waals surface area contributed by atoms with Crippen LogP contribution in [0.2, 0.25) is 0 Å². The van der Waals surface area contributed by atoms with E-state index in [1.165, 1.54) is 4.90 Å². The van der Waals surface area contributed by atoms with Gasteiger partial charge in [0.2, 0.25) is 11.7 Å². The monoisotopic (exact) mass is 423 g/mol. The van der Waals surface area contributed by atoms with E-state index in [-0.39, 0.29) is 17.7 Å². The minimum Gasteiger partial charge on any atom is -0.493 e. The Bertz CT molecular complexity index is 889. The smallest absolute Gasteiger partial charge is 0.246 e. The second kappa shape index (κ2) is 8.23. The number of hydrogen-bond donors (Lipinski definition) is 1. The maximum absolute atomic E-state index is 12.6. The van der Waals surface area contributed by atoms with Crippen molar-refractivity contribution in [2.75, 3.05) is 58.0 Å². The first-order chi connectivity index (χ1) is 13.9. The van der Waals surface area contributed by atoms with Crippen LogP contribution in [0.4, 0.5) is 0 Å². The van der Waals surface area contributed by atoms with E-state index in [4.69, 9.17) is 14.2 Å². The molecule has 2 fully saturated rings. The molecule has 1 amide bonds. The zero-order valence-electron chi connectivity index (χ0n) is 16.6. The molecule has 158 valence electrons. The number of fused-ring (bicyclic) bond motifs is 1. The molecule has 0 aromatic heterocycles. The molecule has 0 bridgehead atoms. The number of nitrogens with one attached hydrogen (secondary N) is 1. The van der Waals surface area contributed by atoms with Gasteiger partial charge in [0.25, 0.3) is 0 Å². The fourth-order valence-corrected chi connectivity index (χ4v) is 6.03. The minimum absolute atomic E-state index is 0.0445. The van der Waals surface area contributed by atoms with Crippen LogP contribution in [-0.4, -0.2) is 83.3 Å². The molecule has 3 aliphatic rings. The van der Waals surface area contributed by atoms with Gasteiger partial charge in [0.1, 0.15) is 25.0 Å². The molecule has 0 aliphatic carbocycles. The van der Waals surface area contributed by atoms with Crippen LogP contribution in [0.1, 0.15) is 12.0 Å². The number of amides is 1. The lowest BCUT2D eigenvalue weighted by Crippen LogP contribution is -3.18. The van der Waals surface area contributed by atoms with Crippen molar-refractivity contribution in [1.82, 2.24) is 4.90 Å². The Morgan fingerprint density at radius 2 is 2.00 bits per heavy atom. The van der Waals surface area contributed by atoms with E-state index in [2.05, 4.69) is 0 Å². The van der Waals surface area contributed by atoms with Crippen LogP contribution in [0, 0.1) is 0 Å². The van der Waals surface area contributed by atoms with E-state index in [0.29, 0.717) is 49.3 Å². The van der Waals surface area contributed by atoms with Gasteiger partial charge in [-0.05, 0) is 23.8 Å². The van der Waals surface area contributed by atoms with E-state index in [9.17, 15) is 13.2 Å². The third-order valence-electron chi connectivity index (χ3n) is 5.80. The molecule has 1 N–H and O–H groups in total. The zero-order valence-corrected chi connectivity index (χ0v) is 17.4. The fourth-order valence-electron chi connectivity index (χ4n) is 4.20. The second-order valence-corrected chi connectivity index (χ2v) is 9.89. The van der Waals surface area contributed by atoms with Crippen LogP contribution in [0.25, 0.3) is 6.08 Å². The molecule has 0 spiro atoms. The molecule has 4 rings (SSSR count). The van der Waals surface area contributed by atoms with E-state index in [1.54, 1.807) is 19.3 Å². The van der Waals surface area contributed by atoms with Crippen molar-refractivity contribution in [3.63, 3.8) is 0 Å². The number of carbonyl (C=O) groups excluding carboxylic acids is 1. The van der Waals surface area contributed by atoms with Gasteiger partial charge in [-0.3, -0.25) is 4.79 Å². The Kier molecular flexibility index (Phi) is 5.69. The van der Waals surface area contributed by atoms with Gasteiger partial charge in [-0.25, -0.2) is 8.42 Å². The summed E-state index contributed by atoms with van der Waals surface area (Å²) in [5, 5.41) is 0. The Labute approximate surface area is 170 Å². The second-order valence-electron chi connectivity index (χ2n) is 7.66. The third-order valence-corrected chi connectivity index (χ3v) is 7.56. The van der Waals surface area contributed by atoms with Crippen molar-refractivity contribution in [3.8, 4) is 17.2 Å². The molecule has 3 heterocycles. The highest BCUT2D eigenvalue weighted by atomic mass is 32.2. The van der Waals surface area contributed by atoms with Crippen LogP contribution in [-0.2, 0) is 14.6 Å². The van der Waals surface area contributed by atoms with Crippen molar-refractivity contribution in [1.29, 1.82) is 0 Å². The number of hydrogen-bond acceptors (Lipinski definition) is 6. The standard InChI is InChI=1S/C20H26N2O6S/c1-26-17-12-15(13-18-20(17)28-10-9-27-18)2-3-19(23)22-7-5-21(6-8-22)16-4-11-29(24,25)14-16/h2-3,12-13,16H,4-11,14H2,1H3/p+1/b3-2+/t16-/m0/s1. The highest BCUT2D eigenvalue weighted by molar-refractivity contribution is 7.91. The van der Waals surface area contributed by atoms with Crippen LogP contribution >= 0.6 is 0 Å². The molecule has 1 aromatic carbocycles. The molecule has 3 aliphatic heterocycles. The van der Waals surface area contributed by atoms with Gasteiger partial charge >= 0.3 is 0 Å². The average Bonchev–Trinajstić information content (AvgIpc) is 3.11. The average molecular weight is 424 g/mol. The minimum atomic E-state index is -2.87. The highest BCUT2D eigenvalue weighted by Gasteiger charge is 2.37. The van der Waals surface area contributed by atoms with E-state index in [1.807, 2.05) is 17.0 Å². The number of ether oxygens (including phenoxy) is 3. The van der Waals surface area contributed by atoms with E-state index >= 15 is 0 Å². The lowest BCUT2D eigenvalue weighted by atomic mass is 10.1. The molecule has 0 saturated carbocycles. The summed E-state index contributed by atoms with van der Waals surface area (Å²) in [5.41, 5.74) is 0.805. The predicted molar refractivity (Wildman–Crippen MR) is 107 cm³/mol. The number of piperazine rings is 1. The Hall–Kier alpha value is -2.26. The quantitative estimate of drug-likeness (QED) is 0.651. The summed E-state index contributed by atoms with van der Waals surface area (Å²) in [7, 11) is -1.30. The van der Waals surface area contributed by atoms with Gasteiger partial charge in [-0.1, -0.05) is 0 Å². The molecule has 1 atom stereocenters. The van der Waals surface area contributed by atoms with Crippen molar-refractivity contribution in [2.24, 2.45) is 0 Å². The maximum atomic E-state index is 12.6. The van der Waals surface area contributed by atoms with Crippen molar-refractivity contribution < 1.29 is 32.3 Å². The van der Waals surface area contributed by atoms with E-state index < -0.39 is 9.84 Å². The number of sulfone groups is 1. The van der Waals surface area contributed by atoms with Gasteiger partial charge in [0, 0.05) is 12.5 Å². The number of nitrogens with zero attached hydrogens (tertiary/aromatic N) is 1. The molecule has 9 heteroatoms. The topological polar surface area (TPSA) is 86.6 Å². The Morgan fingerprint density at radius 1 is 1.24 bits per heavy atom. The lowest BCUT2D eigenvalue weighted by Gasteiger charge is -2.34. The Morgan fingerprint density at radius 3 is 2.69 bits per heavy atom. The van der Waals surface area contributed by atoms with Crippen LogP contribution in [0.3, 0.4) is 0 Å². The first kappa shape index (κ1) is 20.0. The summed E-state index contributed by atoms with van der Waals surface area (Å²) in [6, 6.07) is 3.83. The molecule has 1 aromatic rings. The van der Waals surface area contributed by atoms with Gasteiger partial charge in [-0.2, -0.15) is 0 Å². The summed E-state index contributed by atoms with van der Waals surface area (Å²) in [5.74, 6) is 2.32. The SMILES string of the molecule is COc1cc(/C=C/C(=O)N2CC[NH+]([C@H]3CCS(=O)(=O)C3)CC2)cc2c1OCCO2. The number of quaternary nitrogens is 1. The highest BCUT2D eigenvalue weighted by Crippen LogP contribution is 2.40. The van der Waals surface area contributed by atoms with Crippen molar-refractivity contribution >= 4 is 21.8 Å². The first-order valence-corrected chi connectivity index (χ1v) is 11.8.